The minimum absolute atomic E-state index is 0.00168. The van der Waals surface area contributed by atoms with Crippen LogP contribution in [0.25, 0.3) is 0 Å². The first kappa shape index (κ1) is 14.4. The fourth-order valence-electron chi connectivity index (χ4n) is 1.23. The highest BCUT2D eigenvalue weighted by atomic mass is 16.7. The largest absolute Gasteiger partial charge is 0.354 e. The van der Waals surface area contributed by atoms with Crippen molar-refractivity contribution in [2.24, 2.45) is 11.8 Å². The molecule has 0 fully saturated rings. The number of carbonyl (C=O) groups excluding carboxylic acids is 1. The van der Waals surface area contributed by atoms with E-state index < -0.39 is 6.29 Å². The Morgan fingerprint density at radius 3 is 1.87 bits per heavy atom. The Morgan fingerprint density at radius 1 is 1.07 bits per heavy atom. The normalized spacial score (nSPS) is 15.5. The quantitative estimate of drug-likeness (QED) is 0.684. The van der Waals surface area contributed by atoms with Crippen LogP contribution in [-0.4, -0.2) is 32.5 Å². The van der Waals surface area contributed by atoms with E-state index in [0.29, 0.717) is 5.92 Å². The molecule has 0 bridgehead atoms. The molecule has 1 amide bonds. The number of hydrogen-bond acceptors (Lipinski definition) is 3. The smallest absolute Gasteiger partial charge is 0.223 e. The summed E-state index contributed by atoms with van der Waals surface area (Å²) in [5.41, 5.74) is 0. The van der Waals surface area contributed by atoms with Crippen molar-refractivity contribution in [2.45, 2.75) is 40.0 Å². The van der Waals surface area contributed by atoms with Crippen LogP contribution < -0.4 is 5.32 Å². The first-order chi connectivity index (χ1) is 6.93. The molecule has 0 aliphatic heterocycles. The summed E-state index contributed by atoms with van der Waals surface area (Å²) in [4.78, 5) is 11.7. The fourth-order valence-corrected chi connectivity index (χ4v) is 1.23. The second-order valence-electron chi connectivity index (χ2n) is 4.17. The highest BCUT2D eigenvalue weighted by Gasteiger charge is 2.22. The van der Waals surface area contributed by atoms with Crippen LogP contribution in [-0.2, 0) is 14.3 Å². The third-order valence-corrected chi connectivity index (χ3v) is 2.66. The molecule has 0 aliphatic rings. The molecule has 0 saturated carbocycles. The minimum atomic E-state index is -0.395. The van der Waals surface area contributed by atoms with Gasteiger partial charge in [0.25, 0.3) is 0 Å². The number of carbonyl (C=O) groups is 1. The molecule has 0 heterocycles. The van der Waals surface area contributed by atoms with Crippen LogP contribution >= 0.6 is 0 Å². The third kappa shape index (κ3) is 4.62. The molecule has 1 N–H and O–H groups in total. The van der Waals surface area contributed by atoms with E-state index in [1.807, 2.05) is 27.7 Å². The number of rotatable bonds is 6. The van der Waals surface area contributed by atoms with Crippen LogP contribution in [0.1, 0.15) is 27.7 Å². The van der Waals surface area contributed by atoms with Crippen LogP contribution in [0.4, 0.5) is 0 Å². The summed E-state index contributed by atoms with van der Waals surface area (Å²) >= 11 is 0. The maximum absolute atomic E-state index is 11.7. The molecule has 4 heteroatoms. The summed E-state index contributed by atoms with van der Waals surface area (Å²) in [7, 11) is 3.12. The molecular weight excluding hydrogens is 194 g/mol. The Bertz CT molecular complexity index is 190. The fraction of sp³-hybridized carbons (Fsp3) is 0.909. The second kappa shape index (κ2) is 6.80. The number of nitrogens with one attached hydrogen (secondary N) is 1. The highest BCUT2D eigenvalue weighted by Crippen LogP contribution is 2.10. The van der Waals surface area contributed by atoms with Crippen molar-refractivity contribution >= 4 is 5.91 Å². The first-order valence-electron chi connectivity index (χ1n) is 5.30. The van der Waals surface area contributed by atoms with Crippen molar-refractivity contribution in [3.63, 3.8) is 0 Å². The van der Waals surface area contributed by atoms with Crippen LogP contribution in [0.5, 0.6) is 0 Å². The Labute approximate surface area is 92.3 Å². The van der Waals surface area contributed by atoms with E-state index in [2.05, 4.69) is 5.32 Å². The van der Waals surface area contributed by atoms with E-state index in [4.69, 9.17) is 9.47 Å². The van der Waals surface area contributed by atoms with Crippen LogP contribution in [0.3, 0.4) is 0 Å². The second-order valence-corrected chi connectivity index (χ2v) is 4.17. The van der Waals surface area contributed by atoms with E-state index >= 15 is 0 Å². The monoisotopic (exact) mass is 217 g/mol. The first-order valence-corrected chi connectivity index (χ1v) is 5.30. The van der Waals surface area contributed by atoms with Gasteiger partial charge in [-0.3, -0.25) is 4.79 Å². The molecule has 0 aromatic heterocycles. The molecule has 2 atom stereocenters. The SMILES string of the molecule is COC(OC)C(C)NC(=O)C(C)C(C)C. The average Bonchev–Trinajstić information content (AvgIpc) is 2.18. The van der Waals surface area contributed by atoms with Crippen molar-refractivity contribution in [2.75, 3.05) is 14.2 Å². The summed E-state index contributed by atoms with van der Waals surface area (Å²) in [6, 6.07) is -0.145. The summed E-state index contributed by atoms with van der Waals surface area (Å²) in [6.07, 6.45) is -0.395. The van der Waals surface area contributed by atoms with Gasteiger partial charge in [-0.15, -0.1) is 0 Å². The number of ether oxygens (including phenoxy) is 2. The Kier molecular flexibility index (Phi) is 6.52. The standard InChI is InChI=1S/C11H23NO3/c1-7(2)8(3)10(13)12-9(4)11(14-5)15-6/h7-9,11H,1-6H3,(H,12,13). The molecule has 0 aliphatic carbocycles. The average molecular weight is 217 g/mol. The van der Waals surface area contributed by atoms with Crippen molar-refractivity contribution in [3.05, 3.63) is 0 Å². The molecule has 0 rings (SSSR count). The van der Waals surface area contributed by atoms with Gasteiger partial charge in [0.1, 0.15) is 0 Å². The van der Waals surface area contributed by atoms with E-state index in [9.17, 15) is 4.79 Å². The van der Waals surface area contributed by atoms with Crippen LogP contribution in [0.15, 0.2) is 0 Å². The summed E-state index contributed by atoms with van der Waals surface area (Å²) in [5.74, 6) is 0.374. The van der Waals surface area contributed by atoms with Crippen LogP contribution in [0, 0.1) is 11.8 Å². The van der Waals surface area contributed by atoms with Gasteiger partial charge in [0.05, 0.1) is 6.04 Å². The van der Waals surface area contributed by atoms with Gasteiger partial charge in [0.2, 0.25) is 5.91 Å². The van der Waals surface area contributed by atoms with E-state index in [-0.39, 0.29) is 17.9 Å². The summed E-state index contributed by atoms with van der Waals surface area (Å²) < 4.78 is 10.1. The molecule has 4 nitrogen and oxygen atoms in total. The zero-order valence-electron chi connectivity index (χ0n) is 10.5. The topological polar surface area (TPSA) is 47.6 Å². The maximum atomic E-state index is 11.7. The molecule has 0 radical (unpaired) electrons. The molecule has 90 valence electrons. The predicted molar refractivity (Wildman–Crippen MR) is 59.4 cm³/mol. The molecule has 2 unspecified atom stereocenters. The Morgan fingerprint density at radius 2 is 1.53 bits per heavy atom. The van der Waals surface area contributed by atoms with Crippen molar-refractivity contribution in [3.8, 4) is 0 Å². The van der Waals surface area contributed by atoms with Gasteiger partial charge in [0.15, 0.2) is 6.29 Å². The Balaban J connectivity index is 4.16. The van der Waals surface area contributed by atoms with Gasteiger partial charge >= 0.3 is 0 Å². The molecule has 0 saturated heterocycles. The van der Waals surface area contributed by atoms with Gasteiger partial charge in [0, 0.05) is 20.1 Å². The lowest BCUT2D eigenvalue weighted by Gasteiger charge is -2.24. The minimum Gasteiger partial charge on any atom is -0.354 e. The van der Waals surface area contributed by atoms with Gasteiger partial charge in [-0.25, -0.2) is 0 Å². The molecule has 15 heavy (non-hydrogen) atoms. The molecule has 0 spiro atoms. The number of amides is 1. The highest BCUT2D eigenvalue weighted by molar-refractivity contribution is 5.78. The van der Waals surface area contributed by atoms with Gasteiger partial charge in [-0.2, -0.15) is 0 Å². The zero-order valence-corrected chi connectivity index (χ0v) is 10.5. The lowest BCUT2D eigenvalue weighted by molar-refractivity contribution is -0.139. The van der Waals surface area contributed by atoms with E-state index in [1.54, 1.807) is 14.2 Å². The van der Waals surface area contributed by atoms with Crippen molar-refractivity contribution in [1.82, 2.24) is 5.32 Å². The Hall–Kier alpha value is -0.610. The summed E-state index contributed by atoms with van der Waals surface area (Å²) in [5, 5.41) is 2.87. The van der Waals surface area contributed by atoms with Gasteiger partial charge < -0.3 is 14.8 Å². The predicted octanol–water partition coefficient (Wildman–Crippen LogP) is 1.40. The molecule has 0 aromatic carbocycles. The number of hydrogen-bond donors (Lipinski definition) is 1. The molecule has 0 aromatic rings. The number of methoxy groups -OCH3 is 2. The van der Waals surface area contributed by atoms with Crippen LogP contribution in [0.2, 0.25) is 0 Å². The molecular formula is C11H23NO3. The van der Waals surface area contributed by atoms with Gasteiger partial charge in [-0.05, 0) is 12.8 Å². The van der Waals surface area contributed by atoms with Crippen molar-refractivity contribution < 1.29 is 14.3 Å². The summed E-state index contributed by atoms with van der Waals surface area (Å²) in [6.45, 7) is 7.84. The van der Waals surface area contributed by atoms with Crippen molar-refractivity contribution in [1.29, 1.82) is 0 Å². The maximum Gasteiger partial charge on any atom is 0.223 e. The van der Waals surface area contributed by atoms with E-state index in [1.165, 1.54) is 0 Å². The third-order valence-electron chi connectivity index (χ3n) is 2.66. The lowest BCUT2D eigenvalue weighted by atomic mass is 9.97. The lowest BCUT2D eigenvalue weighted by Crippen LogP contribution is -2.45. The van der Waals surface area contributed by atoms with Gasteiger partial charge in [-0.1, -0.05) is 20.8 Å². The van der Waals surface area contributed by atoms with E-state index in [0.717, 1.165) is 0 Å². The zero-order chi connectivity index (χ0) is 12.0.